The number of aliphatic hydroxyl groups is 1. The summed E-state index contributed by atoms with van der Waals surface area (Å²) in [5.74, 6) is 0. The van der Waals surface area contributed by atoms with E-state index in [1.165, 1.54) is 36.0 Å². The maximum absolute atomic E-state index is 9.55. The Morgan fingerprint density at radius 2 is 1.89 bits per heavy atom. The van der Waals surface area contributed by atoms with E-state index in [1.54, 1.807) is 0 Å². The molecule has 18 heavy (non-hydrogen) atoms. The molecule has 0 aromatic heterocycles. The van der Waals surface area contributed by atoms with Crippen LogP contribution in [0.4, 0.5) is 0 Å². The molecule has 100 valence electrons. The molecule has 1 aliphatic rings. The number of nitrogens with one attached hydrogen (secondary N) is 1. The highest BCUT2D eigenvalue weighted by Gasteiger charge is 2.24. The summed E-state index contributed by atoms with van der Waals surface area (Å²) < 4.78 is 0. The Labute approximate surface area is 110 Å². The van der Waals surface area contributed by atoms with E-state index in [2.05, 4.69) is 37.4 Å². The second kappa shape index (κ2) is 5.85. The van der Waals surface area contributed by atoms with Crippen LogP contribution in [-0.4, -0.2) is 17.3 Å². The van der Waals surface area contributed by atoms with Crippen molar-refractivity contribution in [2.24, 2.45) is 0 Å². The fourth-order valence-electron chi connectivity index (χ4n) is 2.80. The van der Waals surface area contributed by atoms with Gasteiger partial charge < -0.3 is 10.4 Å². The Morgan fingerprint density at radius 3 is 2.56 bits per heavy atom. The SMILES string of the molecule is CCC(CC)(CO)NCc1ccc2c(c1)CCC2. The highest BCUT2D eigenvalue weighted by molar-refractivity contribution is 5.35. The third-order valence-electron chi connectivity index (χ3n) is 4.49. The molecule has 1 aliphatic carbocycles. The van der Waals surface area contributed by atoms with Gasteiger partial charge in [0.15, 0.2) is 0 Å². The lowest BCUT2D eigenvalue weighted by Gasteiger charge is -2.31. The molecule has 0 atom stereocenters. The van der Waals surface area contributed by atoms with Gasteiger partial charge in [-0.2, -0.15) is 0 Å². The lowest BCUT2D eigenvalue weighted by Crippen LogP contribution is -2.47. The summed E-state index contributed by atoms with van der Waals surface area (Å²) in [5, 5.41) is 13.1. The zero-order chi connectivity index (χ0) is 13.0. The predicted molar refractivity (Wildman–Crippen MR) is 75.7 cm³/mol. The van der Waals surface area contributed by atoms with Gasteiger partial charge in [0.05, 0.1) is 6.61 Å². The second-order valence-corrected chi connectivity index (χ2v) is 5.46. The summed E-state index contributed by atoms with van der Waals surface area (Å²) in [5.41, 5.74) is 4.28. The average molecular weight is 247 g/mol. The van der Waals surface area contributed by atoms with Gasteiger partial charge >= 0.3 is 0 Å². The Hall–Kier alpha value is -0.860. The fourth-order valence-corrected chi connectivity index (χ4v) is 2.80. The standard InChI is InChI=1S/C16H25NO/c1-3-16(4-2,12-18)17-11-13-8-9-14-6-5-7-15(14)10-13/h8-10,17-18H,3-7,11-12H2,1-2H3. The second-order valence-electron chi connectivity index (χ2n) is 5.46. The predicted octanol–water partition coefficient (Wildman–Crippen LogP) is 2.82. The fraction of sp³-hybridized carbons (Fsp3) is 0.625. The Morgan fingerprint density at radius 1 is 1.17 bits per heavy atom. The lowest BCUT2D eigenvalue weighted by molar-refractivity contribution is 0.149. The minimum absolute atomic E-state index is 0.112. The van der Waals surface area contributed by atoms with E-state index in [0.717, 1.165) is 19.4 Å². The molecule has 0 amide bonds. The summed E-state index contributed by atoms with van der Waals surface area (Å²) >= 11 is 0. The van der Waals surface area contributed by atoms with Gasteiger partial charge in [0, 0.05) is 12.1 Å². The first kappa shape index (κ1) is 13.6. The summed E-state index contributed by atoms with van der Waals surface area (Å²) in [6, 6.07) is 6.84. The monoisotopic (exact) mass is 247 g/mol. The van der Waals surface area contributed by atoms with Crippen LogP contribution in [0.25, 0.3) is 0 Å². The number of rotatable bonds is 6. The summed E-state index contributed by atoms with van der Waals surface area (Å²) in [6.07, 6.45) is 5.70. The van der Waals surface area contributed by atoms with Crippen LogP contribution in [-0.2, 0) is 19.4 Å². The quantitative estimate of drug-likeness (QED) is 0.810. The number of fused-ring (bicyclic) bond motifs is 1. The van der Waals surface area contributed by atoms with Crippen molar-refractivity contribution in [2.45, 2.75) is 58.0 Å². The van der Waals surface area contributed by atoms with Crippen molar-refractivity contribution in [3.05, 3.63) is 34.9 Å². The highest BCUT2D eigenvalue weighted by atomic mass is 16.3. The van der Waals surface area contributed by atoms with Gasteiger partial charge in [-0.3, -0.25) is 0 Å². The van der Waals surface area contributed by atoms with E-state index in [-0.39, 0.29) is 12.1 Å². The number of aliphatic hydroxyl groups excluding tert-OH is 1. The van der Waals surface area contributed by atoms with E-state index in [0.29, 0.717) is 0 Å². The Balaban J connectivity index is 2.01. The summed E-state index contributed by atoms with van der Waals surface area (Å²) in [6.45, 7) is 5.34. The van der Waals surface area contributed by atoms with Crippen LogP contribution in [0.3, 0.4) is 0 Å². The maximum Gasteiger partial charge on any atom is 0.0613 e. The van der Waals surface area contributed by atoms with Gasteiger partial charge in [-0.1, -0.05) is 32.0 Å². The van der Waals surface area contributed by atoms with Crippen LogP contribution in [0.1, 0.15) is 49.8 Å². The minimum Gasteiger partial charge on any atom is -0.394 e. The zero-order valence-corrected chi connectivity index (χ0v) is 11.6. The van der Waals surface area contributed by atoms with E-state index in [1.807, 2.05) is 0 Å². The van der Waals surface area contributed by atoms with Gasteiger partial charge in [-0.25, -0.2) is 0 Å². The van der Waals surface area contributed by atoms with Crippen molar-refractivity contribution in [1.29, 1.82) is 0 Å². The highest BCUT2D eigenvalue weighted by Crippen LogP contribution is 2.23. The third-order valence-corrected chi connectivity index (χ3v) is 4.49. The van der Waals surface area contributed by atoms with Gasteiger partial charge in [0.1, 0.15) is 0 Å². The van der Waals surface area contributed by atoms with Crippen LogP contribution < -0.4 is 5.32 Å². The first-order valence-electron chi connectivity index (χ1n) is 7.19. The molecule has 2 rings (SSSR count). The van der Waals surface area contributed by atoms with Gasteiger partial charge in [0.2, 0.25) is 0 Å². The van der Waals surface area contributed by atoms with Crippen LogP contribution in [0, 0.1) is 0 Å². The van der Waals surface area contributed by atoms with E-state index in [9.17, 15) is 5.11 Å². The van der Waals surface area contributed by atoms with E-state index in [4.69, 9.17) is 0 Å². The molecular formula is C16H25NO. The summed E-state index contributed by atoms with van der Waals surface area (Å²) in [4.78, 5) is 0. The molecule has 0 heterocycles. The first-order chi connectivity index (χ1) is 8.73. The van der Waals surface area contributed by atoms with E-state index >= 15 is 0 Å². The maximum atomic E-state index is 9.55. The molecule has 0 aliphatic heterocycles. The van der Waals surface area contributed by atoms with E-state index < -0.39 is 0 Å². The molecule has 0 unspecified atom stereocenters. The molecule has 1 aromatic carbocycles. The zero-order valence-electron chi connectivity index (χ0n) is 11.6. The van der Waals surface area contributed by atoms with Crippen LogP contribution in [0.2, 0.25) is 0 Å². The average Bonchev–Trinajstić information content (AvgIpc) is 2.88. The molecule has 0 bridgehead atoms. The van der Waals surface area contributed by atoms with Crippen molar-refractivity contribution in [2.75, 3.05) is 6.61 Å². The normalized spacial score (nSPS) is 14.8. The van der Waals surface area contributed by atoms with Crippen molar-refractivity contribution in [3.8, 4) is 0 Å². The lowest BCUT2D eigenvalue weighted by atomic mass is 9.93. The third kappa shape index (κ3) is 2.76. The Kier molecular flexibility index (Phi) is 4.41. The van der Waals surface area contributed by atoms with Crippen LogP contribution in [0.15, 0.2) is 18.2 Å². The molecule has 2 nitrogen and oxygen atoms in total. The smallest absolute Gasteiger partial charge is 0.0613 e. The van der Waals surface area contributed by atoms with Crippen molar-refractivity contribution in [3.63, 3.8) is 0 Å². The summed E-state index contributed by atoms with van der Waals surface area (Å²) in [7, 11) is 0. The number of aryl methyl sites for hydroxylation is 2. The van der Waals surface area contributed by atoms with Crippen molar-refractivity contribution in [1.82, 2.24) is 5.32 Å². The number of benzene rings is 1. The topological polar surface area (TPSA) is 32.3 Å². The van der Waals surface area contributed by atoms with Crippen molar-refractivity contribution >= 4 is 0 Å². The first-order valence-corrected chi connectivity index (χ1v) is 7.19. The largest absolute Gasteiger partial charge is 0.394 e. The van der Waals surface area contributed by atoms with Gasteiger partial charge in [-0.05, 0) is 48.8 Å². The van der Waals surface area contributed by atoms with Gasteiger partial charge in [-0.15, -0.1) is 0 Å². The molecule has 0 saturated carbocycles. The number of hydrogen-bond acceptors (Lipinski definition) is 2. The van der Waals surface area contributed by atoms with Crippen LogP contribution >= 0.6 is 0 Å². The molecule has 1 aromatic rings. The van der Waals surface area contributed by atoms with Crippen molar-refractivity contribution < 1.29 is 5.11 Å². The van der Waals surface area contributed by atoms with Gasteiger partial charge in [0.25, 0.3) is 0 Å². The Bertz CT molecular complexity index is 388. The molecule has 0 saturated heterocycles. The number of hydrogen-bond donors (Lipinski definition) is 2. The molecule has 2 heteroatoms. The molecule has 2 N–H and O–H groups in total. The van der Waals surface area contributed by atoms with Crippen LogP contribution in [0.5, 0.6) is 0 Å². The molecule has 0 radical (unpaired) electrons. The molecule has 0 spiro atoms. The molecule has 0 fully saturated rings. The molecular weight excluding hydrogens is 222 g/mol. The minimum atomic E-state index is -0.112.